The lowest BCUT2D eigenvalue weighted by atomic mass is 9.94. The normalized spacial score (nSPS) is 17.5. The minimum atomic E-state index is 0.116. The van der Waals surface area contributed by atoms with Crippen LogP contribution < -0.4 is 10.6 Å². The number of aryl methyl sites for hydroxylation is 1. The van der Waals surface area contributed by atoms with Gasteiger partial charge in [0.05, 0.1) is 5.56 Å². The summed E-state index contributed by atoms with van der Waals surface area (Å²) < 4.78 is 0. The maximum atomic E-state index is 8.89. The van der Waals surface area contributed by atoms with Crippen molar-refractivity contribution in [2.24, 2.45) is 10.9 Å². The second-order valence-electron chi connectivity index (χ2n) is 5.21. The van der Waals surface area contributed by atoms with Crippen LogP contribution in [-0.4, -0.2) is 29.1 Å². The Morgan fingerprint density at radius 3 is 2.68 bits per heavy atom. The highest BCUT2D eigenvalue weighted by atomic mass is 16.4. The molecule has 1 heterocycles. The van der Waals surface area contributed by atoms with Crippen molar-refractivity contribution in [2.45, 2.75) is 45.1 Å². The molecule has 1 saturated carbocycles. The lowest BCUT2D eigenvalue weighted by Crippen LogP contribution is -2.35. The predicted molar refractivity (Wildman–Crippen MR) is 76.8 cm³/mol. The molecule has 1 aliphatic rings. The third kappa shape index (κ3) is 2.97. The third-order valence-electron chi connectivity index (χ3n) is 3.85. The Morgan fingerprint density at radius 1 is 1.37 bits per heavy atom. The van der Waals surface area contributed by atoms with Gasteiger partial charge in [-0.2, -0.15) is 0 Å². The molecule has 0 spiro atoms. The SMILES string of the molecule is Cc1ccc(C(N)=NO)c(N(C)C2CCCCC2)n1. The molecule has 5 nitrogen and oxygen atoms in total. The molecule has 0 aromatic carbocycles. The summed E-state index contributed by atoms with van der Waals surface area (Å²) in [6.07, 6.45) is 6.21. The first-order valence-corrected chi connectivity index (χ1v) is 6.82. The van der Waals surface area contributed by atoms with E-state index in [1.54, 1.807) is 0 Å². The van der Waals surface area contributed by atoms with Gasteiger partial charge in [-0.1, -0.05) is 24.4 Å². The van der Waals surface area contributed by atoms with Crippen LogP contribution in [0.15, 0.2) is 17.3 Å². The van der Waals surface area contributed by atoms with Crippen molar-refractivity contribution in [1.82, 2.24) is 4.98 Å². The topological polar surface area (TPSA) is 74.7 Å². The quantitative estimate of drug-likeness (QED) is 0.379. The van der Waals surface area contributed by atoms with Gasteiger partial charge in [0.15, 0.2) is 5.84 Å². The zero-order chi connectivity index (χ0) is 13.8. The average Bonchev–Trinajstić information content (AvgIpc) is 2.46. The molecule has 0 unspecified atom stereocenters. The van der Waals surface area contributed by atoms with Crippen molar-refractivity contribution in [2.75, 3.05) is 11.9 Å². The number of pyridine rings is 1. The molecule has 2 rings (SSSR count). The van der Waals surface area contributed by atoms with Crippen LogP contribution in [0.5, 0.6) is 0 Å². The van der Waals surface area contributed by atoms with E-state index in [4.69, 9.17) is 10.9 Å². The van der Waals surface area contributed by atoms with E-state index in [9.17, 15) is 0 Å². The average molecular weight is 262 g/mol. The Hall–Kier alpha value is -1.78. The molecule has 1 aliphatic carbocycles. The maximum absolute atomic E-state index is 8.89. The van der Waals surface area contributed by atoms with Crippen LogP contribution in [-0.2, 0) is 0 Å². The van der Waals surface area contributed by atoms with E-state index < -0.39 is 0 Å². The van der Waals surface area contributed by atoms with Crippen molar-refractivity contribution in [3.63, 3.8) is 0 Å². The molecule has 1 fully saturated rings. The highest BCUT2D eigenvalue weighted by Gasteiger charge is 2.22. The second-order valence-corrected chi connectivity index (χ2v) is 5.21. The molecule has 0 bridgehead atoms. The summed E-state index contributed by atoms with van der Waals surface area (Å²) in [5, 5.41) is 12.0. The number of nitrogens with two attached hydrogens (primary N) is 1. The van der Waals surface area contributed by atoms with Gasteiger partial charge in [-0.3, -0.25) is 0 Å². The fourth-order valence-electron chi connectivity index (χ4n) is 2.71. The molecule has 1 aromatic heterocycles. The molecule has 3 N–H and O–H groups in total. The number of rotatable bonds is 3. The predicted octanol–water partition coefficient (Wildman–Crippen LogP) is 2.25. The van der Waals surface area contributed by atoms with Gasteiger partial charge in [0.2, 0.25) is 0 Å². The summed E-state index contributed by atoms with van der Waals surface area (Å²) >= 11 is 0. The van der Waals surface area contributed by atoms with E-state index in [1.807, 2.05) is 26.1 Å². The molecule has 5 heteroatoms. The first-order chi connectivity index (χ1) is 9.13. The Bertz CT molecular complexity index is 467. The van der Waals surface area contributed by atoms with Gasteiger partial charge >= 0.3 is 0 Å². The molecule has 0 saturated heterocycles. The Labute approximate surface area is 114 Å². The number of anilines is 1. The first kappa shape index (κ1) is 13.6. The fraction of sp³-hybridized carbons (Fsp3) is 0.571. The maximum Gasteiger partial charge on any atom is 0.173 e. The number of nitrogens with zero attached hydrogens (tertiary/aromatic N) is 3. The van der Waals surface area contributed by atoms with Gasteiger partial charge in [-0.25, -0.2) is 4.98 Å². The van der Waals surface area contributed by atoms with Gasteiger partial charge in [0, 0.05) is 18.8 Å². The number of aromatic nitrogens is 1. The minimum Gasteiger partial charge on any atom is -0.409 e. The highest BCUT2D eigenvalue weighted by molar-refractivity contribution is 6.01. The Morgan fingerprint density at radius 2 is 2.05 bits per heavy atom. The molecule has 1 aromatic rings. The molecule has 104 valence electrons. The van der Waals surface area contributed by atoms with Crippen molar-refractivity contribution in [3.8, 4) is 0 Å². The van der Waals surface area contributed by atoms with Gasteiger partial charge in [0.1, 0.15) is 5.82 Å². The van der Waals surface area contributed by atoms with Crippen molar-refractivity contribution in [3.05, 3.63) is 23.4 Å². The van der Waals surface area contributed by atoms with Crippen LogP contribution >= 0.6 is 0 Å². The number of hydrogen-bond acceptors (Lipinski definition) is 4. The highest BCUT2D eigenvalue weighted by Crippen LogP contribution is 2.27. The zero-order valence-corrected chi connectivity index (χ0v) is 11.6. The lowest BCUT2D eigenvalue weighted by Gasteiger charge is -2.33. The van der Waals surface area contributed by atoms with Crippen LogP contribution in [0.3, 0.4) is 0 Å². The number of oxime groups is 1. The van der Waals surface area contributed by atoms with E-state index in [2.05, 4.69) is 15.0 Å². The molecule has 19 heavy (non-hydrogen) atoms. The van der Waals surface area contributed by atoms with E-state index >= 15 is 0 Å². The van der Waals surface area contributed by atoms with Crippen LogP contribution in [0.4, 0.5) is 5.82 Å². The van der Waals surface area contributed by atoms with Crippen LogP contribution in [0.25, 0.3) is 0 Å². The molecule has 0 atom stereocenters. The molecular formula is C14H22N4O. The first-order valence-electron chi connectivity index (χ1n) is 6.82. The van der Waals surface area contributed by atoms with E-state index in [-0.39, 0.29) is 5.84 Å². The summed E-state index contributed by atoms with van der Waals surface area (Å²) in [5.41, 5.74) is 7.38. The summed E-state index contributed by atoms with van der Waals surface area (Å²) in [7, 11) is 2.05. The molecule has 0 aliphatic heterocycles. The van der Waals surface area contributed by atoms with E-state index in [1.165, 1.54) is 32.1 Å². The van der Waals surface area contributed by atoms with Crippen molar-refractivity contribution < 1.29 is 5.21 Å². The smallest absolute Gasteiger partial charge is 0.173 e. The van der Waals surface area contributed by atoms with Gasteiger partial charge < -0.3 is 15.8 Å². The Kier molecular flexibility index (Phi) is 4.24. The van der Waals surface area contributed by atoms with Gasteiger partial charge in [-0.05, 0) is 31.9 Å². The molecular weight excluding hydrogens is 240 g/mol. The van der Waals surface area contributed by atoms with Crippen LogP contribution in [0, 0.1) is 6.92 Å². The second kappa shape index (κ2) is 5.91. The third-order valence-corrected chi connectivity index (χ3v) is 3.85. The summed E-state index contributed by atoms with van der Waals surface area (Å²) in [6, 6.07) is 4.24. The van der Waals surface area contributed by atoms with Gasteiger partial charge in [-0.15, -0.1) is 0 Å². The van der Waals surface area contributed by atoms with Crippen molar-refractivity contribution in [1.29, 1.82) is 0 Å². The number of amidine groups is 1. The van der Waals surface area contributed by atoms with Gasteiger partial charge in [0.25, 0.3) is 0 Å². The van der Waals surface area contributed by atoms with E-state index in [0.29, 0.717) is 11.6 Å². The fourth-order valence-corrected chi connectivity index (χ4v) is 2.71. The summed E-state index contributed by atoms with van der Waals surface area (Å²) in [4.78, 5) is 6.75. The lowest BCUT2D eigenvalue weighted by molar-refractivity contribution is 0.318. The Balaban J connectivity index is 2.33. The standard InChI is InChI=1S/C14H22N4O/c1-10-8-9-12(13(15)17-19)14(16-10)18(2)11-6-4-3-5-7-11/h8-9,11,19H,3-7H2,1-2H3,(H2,15,17). The van der Waals surface area contributed by atoms with E-state index in [0.717, 1.165) is 11.5 Å². The monoisotopic (exact) mass is 262 g/mol. The zero-order valence-electron chi connectivity index (χ0n) is 11.6. The summed E-state index contributed by atoms with van der Waals surface area (Å²) in [5.74, 6) is 0.923. The molecule has 0 amide bonds. The molecule has 0 radical (unpaired) electrons. The largest absolute Gasteiger partial charge is 0.409 e. The van der Waals surface area contributed by atoms with Crippen molar-refractivity contribution >= 4 is 11.7 Å². The summed E-state index contributed by atoms with van der Waals surface area (Å²) in [6.45, 7) is 1.95. The van der Waals surface area contributed by atoms with Crippen LogP contribution in [0.2, 0.25) is 0 Å². The van der Waals surface area contributed by atoms with Crippen LogP contribution in [0.1, 0.15) is 43.4 Å². The number of hydrogen-bond donors (Lipinski definition) is 2. The minimum absolute atomic E-state index is 0.116.